The van der Waals surface area contributed by atoms with E-state index in [9.17, 15) is 9.59 Å². The highest BCUT2D eigenvalue weighted by Gasteiger charge is 2.16. The Bertz CT molecular complexity index is 919. The highest BCUT2D eigenvalue weighted by Crippen LogP contribution is 2.14. The zero-order valence-corrected chi connectivity index (χ0v) is 12.8. The smallest absolute Gasteiger partial charge is 0.354 e. The molecule has 122 valence electrons. The summed E-state index contributed by atoms with van der Waals surface area (Å²) in [5.41, 5.74) is 1.31. The lowest BCUT2D eigenvalue weighted by molar-refractivity contribution is 0.0691. The van der Waals surface area contributed by atoms with Crippen molar-refractivity contribution in [3.8, 4) is 0 Å². The minimum Gasteiger partial charge on any atom is -0.477 e. The van der Waals surface area contributed by atoms with Crippen molar-refractivity contribution in [1.29, 1.82) is 0 Å². The molecule has 1 saturated heterocycles. The normalized spacial score (nSPS) is 12.9. The number of nitrogens with one attached hydrogen (secondary N) is 1. The van der Waals surface area contributed by atoms with Gasteiger partial charge in [0.1, 0.15) is 5.69 Å². The van der Waals surface area contributed by atoms with Crippen molar-refractivity contribution in [2.45, 2.75) is 6.42 Å². The Morgan fingerprint density at radius 3 is 2.67 bits per heavy atom. The summed E-state index contributed by atoms with van der Waals surface area (Å²) in [5.74, 6) is -1.03. The predicted molar refractivity (Wildman–Crippen MR) is 90.4 cm³/mol. The molecule has 0 aliphatic carbocycles. The van der Waals surface area contributed by atoms with Crippen LogP contribution < -0.4 is 10.5 Å². The first kappa shape index (κ1) is 15.7. The van der Waals surface area contributed by atoms with Crippen LogP contribution in [-0.4, -0.2) is 39.1 Å². The number of H-pyrrole nitrogens is 1. The molecule has 0 spiro atoms. The number of nitrogens with zero attached hydrogens (tertiary/aromatic N) is 3. The summed E-state index contributed by atoms with van der Waals surface area (Å²) in [6.45, 7) is 2.04. The fourth-order valence-electron chi connectivity index (χ4n) is 2.29. The maximum absolute atomic E-state index is 11.2. The Morgan fingerprint density at radius 1 is 1.17 bits per heavy atom. The van der Waals surface area contributed by atoms with Gasteiger partial charge in [0.2, 0.25) is 0 Å². The molecule has 24 heavy (non-hydrogen) atoms. The quantitative estimate of drug-likeness (QED) is 0.747. The fourth-order valence-corrected chi connectivity index (χ4v) is 2.29. The molecule has 4 heterocycles. The summed E-state index contributed by atoms with van der Waals surface area (Å²) in [4.78, 5) is 34.3. The topological polar surface area (TPSA) is 99.2 Å². The second kappa shape index (κ2) is 6.91. The zero-order chi connectivity index (χ0) is 16.9. The summed E-state index contributed by atoms with van der Waals surface area (Å²) in [6, 6.07) is 10.5. The molecular formula is C17H16N4O3. The van der Waals surface area contributed by atoms with E-state index < -0.39 is 5.97 Å². The molecule has 3 aromatic heterocycles. The van der Waals surface area contributed by atoms with E-state index in [2.05, 4.69) is 19.9 Å². The van der Waals surface area contributed by atoms with Gasteiger partial charge in [-0.25, -0.2) is 14.8 Å². The molecular weight excluding hydrogens is 308 g/mol. The van der Waals surface area contributed by atoms with E-state index in [4.69, 9.17) is 5.11 Å². The number of aromatic carboxylic acids is 1. The molecule has 1 aliphatic rings. The molecule has 0 saturated carbocycles. The number of aromatic nitrogens is 3. The first-order chi connectivity index (χ1) is 11.6. The number of pyridine rings is 3. The summed E-state index contributed by atoms with van der Waals surface area (Å²) >= 11 is 0. The van der Waals surface area contributed by atoms with Crippen LogP contribution in [0.5, 0.6) is 0 Å². The number of anilines is 1. The van der Waals surface area contributed by atoms with Gasteiger partial charge in [0, 0.05) is 30.9 Å². The van der Waals surface area contributed by atoms with Gasteiger partial charge in [0.05, 0.1) is 0 Å². The van der Waals surface area contributed by atoms with E-state index >= 15 is 0 Å². The van der Waals surface area contributed by atoms with Crippen LogP contribution in [-0.2, 0) is 0 Å². The second-order valence-electron chi connectivity index (χ2n) is 5.28. The minimum absolute atomic E-state index is 0.0196. The molecule has 7 nitrogen and oxygen atoms in total. The van der Waals surface area contributed by atoms with Crippen molar-refractivity contribution >= 4 is 22.7 Å². The maximum Gasteiger partial charge on any atom is 0.354 e. The van der Waals surface area contributed by atoms with Gasteiger partial charge in [-0.15, -0.1) is 0 Å². The average Bonchev–Trinajstić information content (AvgIpc) is 2.55. The van der Waals surface area contributed by atoms with E-state index in [0.29, 0.717) is 5.65 Å². The first-order valence-electron chi connectivity index (χ1n) is 7.53. The number of carboxylic acid groups (broad SMARTS) is 1. The molecule has 3 aromatic rings. The average molecular weight is 324 g/mol. The molecule has 7 heteroatoms. The monoisotopic (exact) mass is 324 g/mol. The standard InChI is InChI=1S/C9H6N2O2.C8H10N2O/c12-9(13)7-4-3-6-2-1-5-10-8(6)11-7;11-8-7(3-1-4-9-8)10-5-2-6-10/h1-5H,(H,12,13);1,3-4H,2,5-6H2,(H,9,11). The van der Waals surface area contributed by atoms with Gasteiger partial charge in [0.15, 0.2) is 11.3 Å². The van der Waals surface area contributed by atoms with Crippen LogP contribution in [0.1, 0.15) is 16.9 Å². The summed E-state index contributed by atoms with van der Waals surface area (Å²) in [6.07, 6.45) is 4.45. The lowest BCUT2D eigenvalue weighted by Crippen LogP contribution is -2.40. The van der Waals surface area contributed by atoms with Gasteiger partial charge >= 0.3 is 5.97 Å². The molecule has 0 aromatic carbocycles. The summed E-state index contributed by atoms with van der Waals surface area (Å²) in [5, 5.41) is 9.49. The third kappa shape index (κ3) is 3.40. The summed E-state index contributed by atoms with van der Waals surface area (Å²) in [7, 11) is 0. The fraction of sp³-hybridized carbons (Fsp3) is 0.176. The molecule has 0 atom stereocenters. The molecule has 0 radical (unpaired) electrons. The van der Waals surface area contributed by atoms with Gasteiger partial charge in [-0.2, -0.15) is 0 Å². The van der Waals surface area contributed by atoms with Crippen molar-refractivity contribution in [2.24, 2.45) is 0 Å². The van der Waals surface area contributed by atoms with Crippen LogP contribution >= 0.6 is 0 Å². The van der Waals surface area contributed by atoms with E-state index in [-0.39, 0.29) is 11.3 Å². The van der Waals surface area contributed by atoms with Crippen molar-refractivity contribution in [1.82, 2.24) is 15.0 Å². The van der Waals surface area contributed by atoms with Gasteiger partial charge in [-0.05, 0) is 42.8 Å². The lowest BCUT2D eigenvalue weighted by atomic mass is 10.2. The van der Waals surface area contributed by atoms with Crippen LogP contribution in [0.3, 0.4) is 0 Å². The third-order valence-corrected chi connectivity index (χ3v) is 3.68. The third-order valence-electron chi connectivity index (χ3n) is 3.68. The highest BCUT2D eigenvalue weighted by atomic mass is 16.4. The Balaban J connectivity index is 0.000000143. The Labute approximate surface area is 137 Å². The van der Waals surface area contributed by atoms with E-state index in [0.717, 1.165) is 24.2 Å². The Morgan fingerprint density at radius 2 is 2.00 bits per heavy atom. The maximum atomic E-state index is 11.2. The largest absolute Gasteiger partial charge is 0.477 e. The molecule has 0 unspecified atom stereocenters. The number of hydrogen-bond donors (Lipinski definition) is 2. The predicted octanol–water partition coefficient (Wildman–Crippen LogP) is 1.91. The number of fused-ring (bicyclic) bond motifs is 1. The molecule has 0 bridgehead atoms. The lowest BCUT2D eigenvalue weighted by Gasteiger charge is -2.31. The van der Waals surface area contributed by atoms with E-state index in [1.165, 1.54) is 12.5 Å². The molecule has 0 amide bonds. The van der Waals surface area contributed by atoms with E-state index in [1.807, 2.05) is 18.2 Å². The van der Waals surface area contributed by atoms with Crippen molar-refractivity contribution < 1.29 is 9.90 Å². The van der Waals surface area contributed by atoms with Crippen molar-refractivity contribution in [2.75, 3.05) is 18.0 Å². The molecule has 2 N–H and O–H groups in total. The first-order valence-corrected chi connectivity index (χ1v) is 7.53. The zero-order valence-electron chi connectivity index (χ0n) is 12.8. The van der Waals surface area contributed by atoms with Gasteiger partial charge < -0.3 is 15.0 Å². The second-order valence-corrected chi connectivity index (χ2v) is 5.28. The van der Waals surface area contributed by atoms with Crippen molar-refractivity contribution in [3.63, 3.8) is 0 Å². The van der Waals surface area contributed by atoms with Crippen LogP contribution in [0.25, 0.3) is 11.0 Å². The molecule has 1 aliphatic heterocycles. The number of rotatable bonds is 2. The van der Waals surface area contributed by atoms with Gasteiger partial charge in [-0.1, -0.05) is 0 Å². The Hall–Kier alpha value is -3.22. The number of carbonyl (C=O) groups is 1. The van der Waals surface area contributed by atoms with Crippen LogP contribution in [0, 0.1) is 0 Å². The van der Waals surface area contributed by atoms with Gasteiger partial charge in [-0.3, -0.25) is 4.79 Å². The van der Waals surface area contributed by atoms with Crippen LogP contribution in [0.2, 0.25) is 0 Å². The van der Waals surface area contributed by atoms with E-state index in [1.54, 1.807) is 24.5 Å². The highest BCUT2D eigenvalue weighted by molar-refractivity contribution is 5.88. The van der Waals surface area contributed by atoms with Gasteiger partial charge in [0.25, 0.3) is 5.56 Å². The number of aromatic amines is 1. The summed E-state index contributed by atoms with van der Waals surface area (Å²) < 4.78 is 0. The minimum atomic E-state index is -1.03. The number of carboxylic acids is 1. The molecule has 4 rings (SSSR count). The number of hydrogen-bond acceptors (Lipinski definition) is 5. The van der Waals surface area contributed by atoms with Crippen molar-refractivity contribution in [3.05, 3.63) is 64.8 Å². The van der Waals surface area contributed by atoms with Crippen LogP contribution in [0.4, 0.5) is 5.69 Å². The van der Waals surface area contributed by atoms with Crippen LogP contribution in [0.15, 0.2) is 53.6 Å². The molecule has 1 fully saturated rings. The SMILES string of the molecule is O=C(O)c1ccc2cccnc2n1.O=c1[nH]cccc1N1CCC1. The Kier molecular flexibility index (Phi) is 4.51.